The smallest absolute Gasteiger partial charge is 0.327 e. The Morgan fingerprint density at radius 2 is 2.32 bits per heavy atom. The van der Waals surface area contributed by atoms with Crippen LogP contribution >= 0.6 is 11.8 Å². The largest absolute Gasteiger partial charge is 0.480 e. The van der Waals surface area contributed by atoms with Crippen LogP contribution in [0.25, 0.3) is 0 Å². The summed E-state index contributed by atoms with van der Waals surface area (Å²) in [7, 11) is 0. The minimum absolute atomic E-state index is 0.0984. The number of amides is 1. The molecule has 1 amide bonds. The van der Waals surface area contributed by atoms with E-state index in [0.717, 1.165) is 6.42 Å². The minimum atomic E-state index is -0.960. The van der Waals surface area contributed by atoms with Gasteiger partial charge in [-0.15, -0.1) is 11.8 Å². The summed E-state index contributed by atoms with van der Waals surface area (Å²) in [5.74, 6) is -0.273. The maximum atomic E-state index is 12.4. The van der Waals surface area contributed by atoms with Crippen molar-refractivity contribution >= 4 is 23.6 Å². The molecular formula is C13H17NO4S. The average Bonchev–Trinajstić information content (AvgIpc) is 2.95. The van der Waals surface area contributed by atoms with Crippen LogP contribution in [0.15, 0.2) is 22.8 Å². The Balaban J connectivity index is 2.23. The van der Waals surface area contributed by atoms with E-state index in [0.29, 0.717) is 11.7 Å². The van der Waals surface area contributed by atoms with E-state index in [1.165, 1.54) is 22.9 Å². The highest BCUT2D eigenvalue weighted by molar-refractivity contribution is 8.00. The van der Waals surface area contributed by atoms with E-state index in [1.807, 2.05) is 0 Å². The second kappa shape index (κ2) is 5.69. The van der Waals surface area contributed by atoms with E-state index in [2.05, 4.69) is 13.8 Å². The molecule has 104 valence electrons. The summed E-state index contributed by atoms with van der Waals surface area (Å²) in [6.45, 7) is 4.12. The van der Waals surface area contributed by atoms with E-state index in [9.17, 15) is 14.7 Å². The predicted molar refractivity (Wildman–Crippen MR) is 72.0 cm³/mol. The summed E-state index contributed by atoms with van der Waals surface area (Å²) >= 11 is 1.52. The molecule has 1 aromatic heterocycles. The topological polar surface area (TPSA) is 70.8 Å². The number of furan rings is 1. The molecule has 1 N–H and O–H groups in total. The molecular weight excluding hydrogens is 266 g/mol. The highest BCUT2D eigenvalue weighted by atomic mass is 32.2. The zero-order valence-corrected chi connectivity index (χ0v) is 11.7. The fourth-order valence-corrected chi connectivity index (χ4v) is 3.77. The van der Waals surface area contributed by atoms with E-state index >= 15 is 0 Å². The van der Waals surface area contributed by atoms with Crippen molar-refractivity contribution in [3.63, 3.8) is 0 Å². The molecule has 6 heteroatoms. The van der Waals surface area contributed by atoms with Gasteiger partial charge in [0.25, 0.3) is 5.91 Å². The molecule has 19 heavy (non-hydrogen) atoms. The van der Waals surface area contributed by atoms with Gasteiger partial charge in [-0.05, 0) is 24.5 Å². The number of nitrogens with zero attached hydrogens (tertiary/aromatic N) is 1. The summed E-state index contributed by atoms with van der Waals surface area (Å²) in [6, 6.07) is 2.42. The second-order valence-electron chi connectivity index (χ2n) is 4.96. The maximum absolute atomic E-state index is 12.4. The molecule has 5 nitrogen and oxygen atoms in total. The van der Waals surface area contributed by atoms with Crippen molar-refractivity contribution in [2.45, 2.75) is 31.7 Å². The monoisotopic (exact) mass is 283 g/mol. The third-order valence-corrected chi connectivity index (χ3v) is 4.33. The summed E-state index contributed by atoms with van der Waals surface area (Å²) in [4.78, 5) is 25.1. The van der Waals surface area contributed by atoms with E-state index in [4.69, 9.17) is 4.42 Å². The summed E-state index contributed by atoms with van der Waals surface area (Å²) in [5.41, 5.74) is 0. The summed E-state index contributed by atoms with van der Waals surface area (Å²) in [5, 5.41) is 9.15. The Labute approximate surface area is 116 Å². The number of carbonyl (C=O) groups excluding carboxylic acids is 1. The fraction of sp³-hybridized carbons (Fsp3) is 0.538. The van der Waals surface area contributed by atoms with E-state index < -0.39 is 12.0 Å². The van der Waals surface area contributed by atoms with Crippen molar-refractivity contribution in [2.75, 3.05) is 5.75 Å². The van der Waals surface area contributed by atoms with Crippen molar-refractivity contribution in [1.29, 1.82) is 0 Å². The quantitative estimate of drug-likeness (QED) is 0.918. The zero-order chi connectivity index (χ0) is 14.0. The zero-order valence-electron chi connectivity index (χ0n) is 10.9. The third-order valence-electron chi connectivity index (χ3n) is 3.02. The van der Waals surface area contributed by atoms with Crippen LogP contribution in [0.3, 0.4) is 0 Å². The molecule has 0 aliphatic carbocycles. The predicted octanol–water partition coefficient (Wildman–Crippen LogP) is 2.29. The Bertz CT molecular complexity index is 457. The van der Waals surface area contributed by atoms with Crippen LogP contribution in [-0.2, 0) is 4.79 Å². The van der Waals surface area contributed by atoms with Gasteiger partial charge in [-0.25, -0.2) is 4.79 Å². The van der Waals surface area contributed by atoms with Crippen LogP contribution in [0.2, 0.25) is 0 Å². The van der Waals surface area contributed by atoms with Gasteiger partial charge in [0.05, 0.1) is 11.6 Å². The Morgan fingerprint density at radius 1 is 1.58 bits per heavy atom. The molecule has 0 saturated carbocycles. The molecule has 0 spiro atoms. The van der Waals surface area contributed by atoms with Crippen molar-refractivity contribution < 1.29 is 19.1 Å². The first kappa shape index (κ1) is 14.0. The number of hydrogen-bond donors (Lipinski definition) is 1. The molecule has 2 atom stereocenters. The number of carbonyl (C=O) groups is 2. The molecule has 1 saturated heterocycles. The first-order valence-electron chi connectivity index (χ1n) is 6.21. The lowest BCUT2D eigenvalue weighted by atomic mass is 10.1. The first-order chi connectivity index (χ1) is 9.00. The van der Waals surface area contributed by atoms with Gasteiger partial charge < -0.3 is 14.4 Å². The number of thioether (sulfide) groups is 1. The molecule has 1 aliphatic heterocycles. The number of carboxylic acid groups (broad SMARTS) is 1. The second-order valence-corrected chi connectivity index (χ2v) is 6.17. The summed E-state index contributed by atoms with van der Waals surface area (Å²) in [6.07, 6.45) is 2.20. The van der Waals surface area contributed by atoms with Crippen LogP contribution in [0.1, 0.15) is 30.8 Å². The van der Waals surface area contributed by atoms with Crippen LogP contribution < -0.4 is 0 Å². The molecule has 2 heterocycles. The molecule has 0 unspecified atom stereocenters. The molecule has 2 rings (SSSR count). The van der Waals surface area contributed by atoms with Gasteiger partial charge in [-0.2, -0.15) is 0 Å². The first-order valence-corrected chi connectivity index (χ1v) is 7.26. The molecule has 1 aliphatic rings. The van der Waals surface area contributed by atoms with E-state index in [-0.39, 0.29) is 17.0 Å². The van der Waals surface area contributed by atoms with Gasteiger partial charge in [-0.1, -0.05) is 13.8 Å². The van der Waals surface area contributed by atoms with Gasteiger partial charge in [0.15, 0.2) is 5.76 Å². The maximum Gasteiger partial charge on any atom is 0.327 e. The summed E-state index contributed by atoms with van der Waals surface area (Å²) < 4.78 is 5.10. The lowest BCUT2D eigenvalue weighted by Crippen LogP contribution is -2.45. The molecule has 0 aromatic carbocycles. The Hall–Kier alpha value is -1.43. The van der Waals surface area contributed by atoms with Crippen molar-refractivity contribution in [2.24, 2.45) is 5.92 Å². The molecule has 0 radical (unpaired) electrons. The lowest BCUT2D eigenvalue weighted by molar-refractivity contribution is -0.141. The van der Waals surface area contributed by atoms with Crippen LogP contribution in [0.5, 0.6) is 0 Å². The number of carboxylic acids is 1. The SMILES string of the molecule is CC(C)C[C@@H]1SC[C@H](C(=O)O)N1C(=O)c1ccco1. The van der Waals surface area contributed by atoms with Crippen LogP contribution in [-0.4, -0.2) is 39.1 Å². The van der Waals surface area contributed by atoms with Crippen molar-refractivity contribution in [1.82, 2.24) is 4.90 Å². The lowest BCUT2D eigenvalue weighted by Gasteiger charge is -2.27. The highest BCUT2D eigenvalue weighted by Crippen LogP contribution is 2.34. The number of hydrogen-bond acceptors (Lipinski definition) is 4. The molecule has 1 fully saturated rings. The molecule has 1 aromatic rings. The van der Waals surface area contributed by atoms with Crippen LogP contribution in [0.4, 0.5) is 0 Å². The van der Waals surface area contributed by atoms with Gasteiger partial charge in [0, 0.05) is 5.75 Å². The van der Waals surface area contributed by atoms with Gasteiger partial charge in [0.2, 0.25) is 0 Å². The van der Waals surface area contributed by atoms with Gasteiger partial charge >= 0.3 is 5.97 Å². The van der Waals surface area contributed by atoms with E-state index in [1.54, 1.807) is 12.1 Å². The molecule has 0 bridgehead atoms. The van der Waals surface area contributed by atoms with Gasteiger partial charge in [-0.3, -0.25) is 4.79 Å². The number of rotatable bonds is 4. The highest BCUT2D eigenvalue weighted by Gasteiger charge is 2.42. The average molecular weight is 283 g/mol. The normalized spacial score (nSPS) is 23.0. The fourth-order valence-electron chi connectivity index (χ4n) is 2.14. The van der Waals surface area contributed by atoms with Crippen LogP contribution in [0, 0.1) is 5.92 Å². The Kier molecular flexibility index (Phi) is 4.19. The standard InChI is InChI=1S/C13H17NO4S/c1-8(2)6-11-14(9(7-19-11)13(16)17)12(15)10-4-3-5-18-10/h3-5,8-9,11H,6-7H2,1-2H3,(H,16,17)/t9-,11+/m1/s1. The van der Waals surface area contributed by atoms with Crippen molar-refractivity contribution in [3.8, 4) is 0 Å². The Morgan fingerprint density at radius 3 is 2.84 bits per heavy atom. The third kappa shape index (κ3) is 2.94. The minimum Gasteiger partial charge on any atom is -0.480 e. The number of aliphatic carboxylic acids is 1. The van der Waals surface area contributed by atoms with Crippen molar-refractivity contribution in [3.05, 3.63) is 24.2 Å². The van der Waals surface area contributed by atoms with Gasteiger partial charge in [0.1, 0.15) is 6.04 Å².